The van der Waals surface area contributed by atoms with E-state index in [0.29, 0.717) is 0 Å². The smallest absolute Gasteiger partial charge is 0.330 e. The number of nitrogens with zero attached hydrogens (tertiary/aromatic N) is 1. The fourth-order valence-corrected chi connectivity index (χ4v) is 2.14. The number of aliphatic hydroxyl groups is 2. The number of nitrogens with one attached hydrogen (secondary N) is 1. The first-order valence-electron chi connectivity index (χ1n) is 6.31. The highest BCUT2D eigenvalue weighted by molar-refractivity contribution is 5.95. The summed E-state index contributed by atoms with van der Waals surface area (Å²) in [4.78, 5) is 37.0. The van der Waals surface area contributed by atoms with Crippen LogP contribution in [-0.2, 0) is 4.74 Å². The van der Waals surface area contributed by atoms with Gasteiger partial charge in [-0.1, -0.05) is 6.92 Å². The van der Waals surface area contributed by atoms with Gasteiger partial charge >= 0.3 is 5.69 Å². The zero-order valence-corrected chi connectivity index (χ0v) is 10.9. The van der Waals surface area contributed by atoms with Gasteiger partial charge in [-0.05, 0) is 0 Å². The second-order valence-electron chi connectivity index (χ2n) is 4.60. The molecule has 2 heterocycles. The third kappa shape index (κ3) is 2.58. The number of carbonyl (C=O) groups is 1. The van der Waals surface area contributed by atoms with Crippen molar-refractivity contribution < 1.29 is 19.7 Å². The van der Waals surface area contributed by atoms with Gasteiger partial charge in [0.05, 0.1) is 18.3 Å². The molecule has 0 spiro atoms. The number of aromatic amines is 1. The highest BCUT2D eigenvalue weighted by Gasteiger charge is 2.35. The summed E-state index contributed by atoms with van der Waals surface area (Å²) >= 11 is 0. The molecule has 3 atom stereocenters. The van der Waals surface area contributed by atoms with Crippen LogP contribution < -0.4 is 11.2 Å². The molecule has 0 radical (unpaired) electrons. The Morgan fingerprint density at radius 3 is 2.80 bits per heavy atom. The van der Waals surface area contributed by atoms with E-state index in [0.717, 1.165) is 10.8 Å². The molecule has 0 amide bonds. The molecule has 8 heteroatoms. The number of ether oxygens (including phenoxy) is 1. The Balaban J connectivity index is 2.40. The van der Waals surface area contributed by atoms with Gasteiger partial charge in [0, 0.05) is 19.0 Å². The van der Waals surface area contributed by atoms with E-state index in [1.54, 1.807) is 6.92 Å². The first-order chi connectivity index (χ1) is 9.47. The Labute approximate surface area is 113 Å². The summed E-state index contributed by atoms with van der Waals surface area (Å²) in [5.41, 5.74) is -1.59. The fourth-order valence-electron chi connectivity index (χ4n) is 2.14. The molecule has 0 saturated carbocycles. The summed E-state index contributed by atoms with van der Waals surface area (Å²) in [6, 6.07) is 0. The molecule has 1 fully saturated rings. The maximum atomic E-state index is 11.8. The highest BCUT2D eigenvalue weighted by Crippen LogP contribution is 2.27. The molecule has 0 unspecified atom stereocenters. The number of carbonyl (C=O) groups excluding carboxylic acids is 1. The van der Waals surface area contributed by atoms with E-state index in [2.05, 4.69) is 4.98 Å². The van der Waals surface area contributed by atoms with Crippen molar-refractivity contribution in [3.8, 4) is 0 Å². The average molecular weight is 284 g/mol. The molecule has 8 nitrogen and oxygen atoms in total. The van der Waals surface area contributed by atoms with Gasteiger partial charge in [0.25, 0.3) is 5.56 Å². The van der Waals surface area contributed by atoms with Crippen molar-refractivity contribution in [3.63, 3.8) is 0 Å². The molecule has 2 rings (SSSR count). The molecule has 20 heavy (non-hydrogen) atoms. The van der Waals surface area contributed by atoms with Crippen molar-refractivity contribution in [3.05, 3.63) is 32.6 Å². The number of H-pyrrole nitrogens is 1. The predicted molar refractivity (Wildman–Crippen MR) is 67.6 cm³/mol. The lowest BCUT2D eigenvalue weighted by Gasteiger charge is -2.14. The van der Waals surface area contributed by atoms with Gasteiger partial charge in [-0.2, -0.15) is 0 Å². The molecule has 1 aliphatic heterocycles. The molecule has 1 saturated heterocycles. The van der Waals surface area contributed by atoms with E-state index >= 15 is 0 Å². The first-order valence-corrected chi connectivity index (χ1v) is 6.31. The molecule has 0 aromatic carbocycles. The standard InChI is InChI=1S/C12H16N2O6/c1-2-7(16)6-4-14(12(19)13-11(6)18)10-3-8(17)9(5-15)20-10/h4,8-10,15,17H,2-3,5H2,1H3,(H,13,18,19)/t8-,9+,10+/m0/s1. The van der Waals surface area contributed by atoms with Crippen molar-refractivity contribution in [2.45, 2.75) is 38.2 Å². The van der Waals surface area contributed by atoms with Gasteiger partial charge < -0.3 is 14.9 Å². The van der Waals surface area contributed by atoms with Crippen LogP contribution in [0.4, 0.5) is 0 Å². The van der Waals surface area contributed by atoms with Crippen LogP contribution in [0.5, 0.6) is 0 Å². The number of hydrogen-bond donors (Lipinski definition) is 3. The van der Waals surface area contributed by atoms with Crippen molar-refractivity contribution in [1.29, 1.82) is 0 Å². The Morgan fingerprint density at radius 2 is 2.25 bits per heavy atom. The van der Waals surface area contributed by atoms with Gasteiger partial charge in [-0.3, -0.25) is 19.1 Å². The quantitative estimate of drug-likeness (QED) is 0.595. The van der Waals surface area contributed by atoms with E-state index in [-0.39, 0.29) is 25.0 Å². The largest absolute Gasteiger partial charge is 0.394 e. The lowest BCUT2D eigenvalue weighted by atomic mass is 10.1. The number of rotatable bonds is 4. The normalized spacial score (nSPS) is 25.9. The monoisotopic (exact) mass is 284 g/mol. The molecule has 3 N–H and O–H groups in total. The topological polar surface area (TPSA) is 122 Å². The van der Waals surface area contributed by atoms with Crippen LogP contribution in [0.15, 0.2) is 15.8 Å². The van der Waals surface area contributed by atoms with Crippen molar-refractivity contribution in [2.75, 3.05) is 6.61 Å². The molecular formula is C12H16N2O6. The average Bonchev–Trinajstić information content (AvgIpc) is 2.79. The van der Waals surface area contributed by atoms with Crippen LogP contribution in [0.2, 0.25) is 0 Å². The predicted octanol–water partition coefficient (Wildman–Crippen LogP) is -1.23. The Kier molecular flexibility index (Phi) is 4.17. The summed E-state index contributed by atoms with van der Waals surface area (Å²) in [5, 5.41) is 18.7. The summed E-state index contributed by atoms with van der Waals surface area (Å²) < 4.78 is 6.39. The Morgan fingerprint density at radius 1 is 1.55 bits per heavy atom. The molecule has 0 aliphatic carbocycles. The molecular weight excluding hydrogens is 268 g/mol. The van der Waals surface area contributed by atoms with Gasteiger partial charge in [-0.25, -0.2) is 4.79 Å². The molecule has 1 aliphatic rings. The summed E-state index contributed by atoms with van der Waals surface area (Å²) in [6.45, 7) is 1.23. The Bertz CT molecular complexity index is 619. The van der Waals surface area contributed by atoms with Crippen LogP contribution in [0.3, 0.4) is 0 Å². The zero-order valence-electron chi connectivity index (χ0n) is 10.9. The number of hydrogen-bond acceptors (Lipinski definition) is 6. The third-order valence-corrected chi connectivity index (χ3v) is 3.28. The lowest BCUT2D eigenvalue weighted by Crippen LogP contribution is -2.35. The molecule has 1 aromatic rings. The third-order valence-electron chi connectivity index (χ3n) is 3.28. The summed E-state index contributed by atoms with van der Waals surface area (Å²) in [5.74, 6) is -0.391. The minimum atomic E-state index is -0.908. The van der Waals surface area contributed by atoms with Gasteiger partial charge in [-0.15, -0.1) is 0 Å². The minimum Gasteiger partial charge on any atom is -0.394 e. The SMILES string of the molecule is CCC(=O)c1cn([C@H]2C[C@H](O)[C@@H](CO)O2)c(=O)[nH]c1=O. The van der Waals surface area contributed by atoms with Crippen molar-refractivity contribution in [1.82, 2.24) is 9.55 Å². The second-order valence-corrected chi connectivity index (χ2v) is 4.60. The Hall–Kier alpha value is -1.77. The molecule has 0 bridgehead atoms. The lowest BCUT2D eigenvalue weighted by molar-refractivity contribution is -0.0459. The number of aliphatic hydroxyl groups excluding tert-OH is 2. The summed E-state index contributed by atoms with van der Waals surface area (Å²) in [7, 11) is 0. The highest BCUT2D eigenvalue weighted by atomic mass is 16.5. The fraction of sp³-hybridized carbons (Fsp3) is 0.583. The van der Waals surface area contributed by atoms with E-state index in [1.807, 2.05) is 0 Å². The van der Waals surface area contributed by atoms with E-state index in [9.17, 15) is 19.5 Å². The van der Waals surface area contributed by atoms with Crippen LogP contribution in [0.25, 0.3) is 0 Å². The second kappa shape index (κ2) is 5.70. The van der Waals surface area contributed by atoms with Crippen molar-refractivity contribution >= 4 is 5.78 Å². The van der Waals surface area contributed by atoms with Gasteiger partial charge in [0.2, 0.25) is 0 Å². The first kappa shape index (κ1) is 14.6. The minimum absolute atomic E-state index is 0.0942. The molecule has 1 aromatic heterocycles. The number of Topliss-reactive ketones (excluding diaryl/α,β-unsaturated/α-hetero) is 1. The summed E-state index contributed by atoms with van der Waals surface area (Å²) in [6.07, 6.45) is -1.15. The zero-order chi connectivity index (χ0) is 14.9. The van der Waals surface area contributed by atoms with E-state index in [4.69, 9.17) is 9.84 Å². The van der Waals surface area contributed by atoms with E-state index in [1.165, 1.54) is 0 Å². The van der Waals surface area contributed by atoms with E-state index < -0.39 is 35.5 Å². The van der Waals surface area contributed by atoms with Crippen LogP contribution in [0.1, 0.15) is 36.4 Å². The molecule has 110 valence electrons. The maximum Gasteiger partial charge on any atom is 0.330 e. The van der Waals surface area contributed by atoms with Crippen LogP contribution in [0, 0.1) is 0 Å². The number of ketones is 1. The van der Waals surface area contributed by atoms with Gasteiger partial charge in [0.1, 0.15) is 12.3 Å². The van der Waals surface area contributed by atoms with Crippen LogP contribution in [-0.4, -0.2) is 44.4 Å². The van der Waals surface area contributed by atoms with Crippen molar-refractivity contribution in [2.24, 2.45) is 0 Å². The van der Waals surface area contributed by atoms with Crippen LogP contribution >= 0.6 is 0 Å². The number of aromatic nitrogens is 2. The van der Waals surface area contributed by atoms with Gasteiger partial charge in [0.15, 0.2) is 5.78 Å². The maximum absolute atomic E-state index is 11.8.